The van der Waals surface area contributed by atoms with Crippen LogP contribution in [0.15, 0.2) is 60.8 Å². The minimum atomic E-state index is -0.507. The number of carbonyl (C=O) groups is 2. The molecule has 2 heterocycles. The van der Waals surface area contributed by atoms with Crippen LogP contribution in [-0.2, 0) is 4.79 Å². The van der Waals surface area contributed by atoms with Crippen LogP contribution in [0.2, 0.25) is 0 Å². The summed E-state index contributed by atoms with van der Waals surface area (Å²) in [7, 11) is 1.60. The minimum Gasteiger partial charge on any atom is -0.497 e. The highest BCUT2D eigenvalue weighted by molar-refractivity contribution is 6.08. The van der Waals surface area contributed by atoms with Crippen LogP contribution in [0.4, 0.5) is 5.69 Å². The summed E-state index contributed by atoms with van der Waals surface area (Å²) >= 11 is 0. The second-order valence-electron chi connectivity index (χ2n) is 5.64. The van der Waals surface area contributed by atoms with Gasteiger partial charge in [0.1, 0.15) is 11.4 Å². The van der Waals surface area contributed by atoms with Crippen LogP contribution < -0.4 is 15.8 Å². The van der Waals surface area contributed by atoms with E-state index < -0.39 is 5.91 Å². The Morgan fingerprint density at radius 1 is 1.11 bits per heavy atom. The van der Waals surface area contributed by atoms with Crippen molar-refractivity contribution in [2.75, 3.05) is 12.4 Å². The number of benzene rings is 2. The number of ether oxygens (including phenoxy) is 1. The molecule has 0 unspecified atom stereocenters. The summed E-state index contributed by atoms with van der Waals surface area (Å²) in [5, 5.41) is 4.57. The van der Waals surface area contributed by atoms with Crippen molar-refractivity contribution in [1.29, 1.82) is 0 Å². The number of aromatic nitrogens is 2. The Hall–Kier alpha value is -3.87. The Morgan fingerprint density at radius 3 is 2.52 bits per heavy atom. The lowest BCUT2D eigenvalue weighted by molar-refractivity contribution is -0.105. The summed E-state index contributed by atoms with van der Waals surface area (Å²) in [6.45, 7) is 0. The van der Waals surface area contributed by atoms with Crippen LogP contribution in [0.5, 0.6) is 5.75 Å². The molecule has 136 valence electrons. The highest BCUT2D eigenvalue weighted by Gasteiger charge is 2.07. The number of nitrogens with two attached hydrogens (primary N) is 1. The average Bonchev–Trinajstić information content (AvgIpc) is 3.07. The molecule has 0 fully saturated rings. The van der Waals surface area contributed by atoms with Crippen molar-refractivity contribution in [3.8, 4) is 5.75 Å². The number of para-hydroxylation sites is 1. The van der Waals surface area contributed by atoms with Crippen molar-refractivity contribution in [1.82, 2.24) is 9.97 Å². The lowest BCUT2D eigenvalue weighted by Crippen LogP contribution is -2.12. The maximum absolute atomic E-state index is 11.1. The standard InChI is InChI=1S/C12H9N3O.C8H9NO2/c13-12(16)10-5-8-7-3-1-2-4-9(7)15-11(8)6-14-10;1-11-8-4-2-7(3-5-8)9-6-10/h1-6,15H,(H2,13,16);2-6H,1H3,(H,9,10). The lowest BCUT2D eigenvalue weighted by atomic mass is 10.1. The molecule has 0 saturated carbocycles. The third-order valence-electron chi connectivity index (χ3n) is 3.96. The van der Waals surface area contributed by atoms with Crippen molar-refractivity contribution in [2.45, 2.75) is 0 Å². The van der Waals surface area contributed by atoms with Crippen LogP contribution in [0.3, 0.4) is 0 Å². The monoisotopic (exact) mass is 362 g/mol. The predicted molar refractivity (Wildman–Crippen MR) is 105 cm³/mol. The first-order chi connectivity index (χ1) is 13.1. The summed E-state index contributed by atoms with van der Waals surface area (Å²) < 4.78 is 4.93. The second-order valence-corrected chi connectivity index (χ2v) is 5.64. The summed E-state index contributed by atoms with van der Waals surface area (Å²) in [6.07, 6.45) is 2.28. The minimum absolute atomic E-state index is 0.289. The smallest absolute Gasteiger partial charge is 0.267 e. The van der Waals surface area contributed by atoms with Gasteiger partial charge < -0.3 is 20.8 Å². The number of fused-ring (bicyclic) bond motifs is 3. The van der Waals surface area contributed by atoms with Crippen LogP contribution in [0.25, 0.3) is 21.8 Å². The van der Waals surface area contributed by atoms with E-state index in [1.165, 1.54) is 0 Å². The predicted octanol–water partition coefficient (Wildman–Crippen LogP) is 3.08. The summed E-state index contributed by atoms with van der Waals surface area (Å²) in [5.74, 6) is 0.272. The van der Waals surface area contributed by atoms with Crippen molar-refractivity contribution >= 4 is 39.8 Å². The fourth-order valence-corrected chi connectivity index (χ4v) is 2.64. The molecular weight excluding hydrogens is 344 g/mol. The first kappa shape index (κ1) is 17.9. The molecule has 0 bridgehead atoms. The molecular formula is C20H18N4O3. The van der Waals surface area contributed by atoms with E-state index in [0.29, 0.717) is 6.41 Å². The fraction of sp³-hybridized carbons (Fsp3) is 0.0500. The van der Waals surface area contributed by atoms with Gasteiger partial charge in [-0.2, -0.15) is 0 Å². The van der Waals surface area contributed by atoms with Gasteiger partial charge in [-0.15, -0.1) is 0 Å². The van der Waals surface area contributed by atoms with Gasteiger partial charge in [0.05, 0.1) is 18.8 Å². The molecule has 0 aliphatic rings. The number of rotatable bonds is 4. The molecule has 0 saturated heterocycles. The normalized spacial score (nSPS) is 10.1. The zero-order valence-corrected chi connectivity index (χ0v) is 14.6. The molecule has 2 aromatic carbocycles. The van der Waals surface area contributed by atoms with E-state index >= 15 is 0 Å². The number of anilines is 1. The number of aromatic amines is 1. The third kappa shape index (κ3) is 4.04. The van der Waals surface area contributed by atoms with Crippen LogP contribution in [0, 0.1) is 0 Å². The van der Waals surface area contributed by atoms with Crippen molar-refractivity contribution < 1.29 is 14.3 Å². The molecule has 4 rings (SSSR count). The lowest BCUT2D eigenvalue weighted by Gasteiger charge is -2.00. The molecule has 2 amide bonds. The van der Waals surface area contributed by atoms with Crippen LogP contribution in [0.1, 0.15) is 10.5 Å². The van der Waals surface area contributed by atoms with E-state index in [2.05, 4.69) is 15.3 Å². The average molecular weight is 362 g/mol. The first-order valence-corrected chi connectivity index (χ1v) is 8.13. The third-order valence-corrected chi connectivity index (χ3v) is 3.96. The Morgan fingerprint density at radius 2 is 1.85 bits per heavy atom. The largest absolute Gasteiger partial charge is 0.497 e. The quantitative estimate of drug-likeness (QED) is 0.485. The van der Waals surface area contributed by atoms with Gasteiger partial charge in [-0.3, -0.25) is 9.59 Å². The molecule has 7 nitrogen and oxygen atoms in total. The topological polar surface area (TPSA) is 110 Å². The number of hydrogen-bond donors (Lipinski definition) is 3. The van der Waals surface area contributed by atoms with Gasteiger partial charge in [0.25, 0.3) is 5.91 Å². The van der Waals surface area contributed by atoms with Gasteiger partial charge in [-0.25, -0.2) is 4.98 Å². The van der Waals surface area contributed by atoms with Crippen molar-refractivity contribution in [3.63, 3.8) is 0 Å². The van der Waals surface area contributed by atoms with Gasteiger partial charge in [-0.05, 0) is 36.4 Å². The number of primary amides is 1. The Labute approximate surface area is 155 Å². The number of pyridine rings is 1. The maximum Gasteiger partial charge on any atom is 0.267 e. The summed E-state index contributed by atoms with van der Waals surface area (Å²) in [4.78, 5) is 28.3. The van der Waals surface area contributed by atoms with Crippen LogP contribution >= 0.6 is 0 Å². The molecule has 0 spiro atoms. The SMILES string of the molecule is COc1ccc(NC=O)cc1.NC(=O)c1cc2c(cn1)[nH]c1ccccc12. The highest BCUT2D eigenvalue weighted by atomic mass is 16.5. The summed E-state index contributed by atoms with van der Waals surface area (Å²) in [6, 6.07) is 16.7. The van der Waals surface area contributed by atoms with Crippen molar-refractivity contribution in [3.05, 3.63) is 66.5 Å². The Balaban J connectivity index is 0.000000168. The van der Waals surface area contributed by atoms with Gasteiger partial charge in [-0.1, -0.05) is 18.2 Å². The molecule has 0 atom stereocenters. The maximum atomic E-state index is 11.1. The van der Waals surface area contributed by atoms with Gasteiger partial charge in [0.2, 0.25) is 6.41 Å². The second kappa shape index (κ2) is 8.01. The number of nitrogens with one attached hydrogen (secondary N) is 2. The summed E-state index contributed by atoms with van der Waals surface area (Å²) in [5.41, 5.74) is 8.20. The van der Waals surface area contributed by atoms with E-state index in [1.807, 2.05) is 24.3 Å². The zero-order chi connectivity index (χ0) is 19.2. The van der Waals surface area contributed by atoms with E-state index in [9.17, 15) is 9.59 Å². The molecule has 2 aromatic heterocycles. The fourth-order valence-electron chi connectivity index (χ4n) is 2.64. The van der Waals surface area contributed by atoms with E-state index in [0.717, 1.165) is 33.2 Å². The van der Waals surface area contributed by atoms with Gasteiger partial charge in [0.15, 0.2) is 0 Å². The van der Waals surface area contributed by atoms with Gasteiger partial charge in [0, 0.05) is 22.0 Å². The zero-order valence-electron chi connectivity index (χ0n) is 14.6. The molecule has 27 heavy (non-hydrogen) atoms. The molecule has 4 aromatic rings. The number of H-pyrrole nitrogens is 1. The van der Waals surface area contributed by atoms with E-state index in [1.54, 1.807) is 43.6 Å². The molecule has 7 heteroatoms. The van der Waals surface area contributed by atoms with Crippen LogP contribution in [-0.4, -0.2) is 29.4 Å². The number of amides is 2. The van der Waals surface area contributed by atoms with E-state index in [4.69, 9.17) is 10.5 Å². The highest BCUT2D eigenvalue weighted by Crippen LogP contribution is 2.24. The molecule has 4 N–H and O–H groups in total. The van der Waals surface area contributed by atoms with Crippen molar-refractivity contribution in [2.24, 2.45) is 5.73 Å². The number of nitrogens with zero attached hydrogens (tertiary/aromatic N) is 1. The van der Waals surface area contributed by atoms with Gasteiger partial charge >= 0.3 is 0 Å². The number of carbonyl (C=O) groups excluding carboxylic acids is 2. The number of hydrogen-bond acceptors (Lipinski definition) is 4. The number of methoxy groups -OCH3 is 1. The Bertz CT molecular complexity index is 1090. The van der Waals surface area contributed by atoms with E-state index in [-0.39, 0.29) is 5.69 Å². The first-order valence-electron chi connectivity index (χ1n) is 8.13. The molecule has 0 radical (unpaired) electrons. The molecule has 0 aliphatic heterocycles. The molecule has 0 aliphatic carbocycles. The Kier molecular flexibility index (Phi) is 5.32.